The van der Waals surface area contributed by atoms with E-state index < -0.39 is 6.03 Å². The van der Waals surface area contributed by atoms with E-state index in [1.807, 2.05) is 41.6 Å². The second-order valence-electron chi connectivity index (χ2n) is 12.4. The molecule has 2 atom stereocenters. The molecule has 5 heterocycles. The molecule has 1 saturated heterocycles. The van der Waals surface area contributed by atoms with Gasteiger partial charge in [0.25, 0.3) is 0 Å². The molecule has 4 aliphatic rings. The highest BCUT2D eigenvalue weighted by Gasteiger charge is 2.46. The second kappa shape index (κ2) is 10.1. The lowest BCUT2D eigenvalue weighted by atomic mass is 10.1. The van der Waals surface area contributed by atoms with Crippen molar-refractivity contribution in [1.29, 1.82) is 0 Å². The van der Waals surface area contributed by atoms with Crippen molar-refractivity contribution in [3.63, 3.8) is 0 Å². The van der Waals surface area contributed by atoms with Gasteiger partial charge in [0.05, 0.1) is 17.9 Å². The number of aromatic nitrogens is 6. The molecule has 0 bridgehead atoms. The molecule has 13 nitrogen and oxygen atoms in total. The summed E-state index contributed by atoms with van der Waals surface area (Å²) in [6.45, 7) is 2.34. The van der Waals surface area contributed by atoms with Crippen molar-refractivity contribution in [3.8, 4) is 0 Å². The number of imidazole rings is 1. The van der Waals surface area contributed by atoms with Gasteiger partial charge in [0, 0.05) is 55.2 Å². The minimum Gasteiger partial charge on any atom is -0.354 e. The normalized spacial score (nSPS) is 21.1. The predicted molar refractivity (Wildman–Crippen MR) is 160 cm³/mol. The summed E-state index contributed by atoms with van der Waals surface area (Å²) in [7, 11) is 1.93. The van der Waals surface area contributed by atoms with E-state index in [0.29, 0.717) is 53.6 Å². The smallest absolute Gasteiger partial charge is 0.329 e. The van der Waals surface area contributed by atoms with Gasteiger partial charge in [-0.15, -0.1) is 0 Å². The number of pyridine rings is 1. The number of nitrogens with zero attached hydrogens (tertiary/aromatic N) is 8. The van der Waals surface area contributed by atoms with Gasteiger partial charge < -0.3 is 14.6 Å². The highest BCUT2D eigenvalue weighted by Crippen LogP contribution is 2.47. The molecule has 4 amide bonds. The summed E-state index contributed by atoms with van der Waals surface area (Å²) in [6, 6.07) is 5.21. The zero-order chi connectivity index (χ0) is 30.1. The fraction of sp³-hybridized carbons (Fsp3) is 0.419. The number of hydrogen-bond donors (Lipinski definition) is 2. The predicted octanol–water partition coefficient (Wildman–Crippen LogP) is 3.41. The van der Waals surface area contributed by atoms with E-state index in [2.05, 4.69) is 26.8 Å². The minimum absolute atomic E-state index is 0.0203. The van der Waals surface area contributed by atoms with Crippen molar-refractivity contribution in [1.82, 2.24) is 34.6 Å². The molecule has 1 aliphatic heterocycles. The molecule has 0 spiro atoms. The van der Waals surface area contributed by atoms with Gasteiger partial charge >= 0.3 is 6.03 Å². The van der Waals surface area contributed by atoms with Gasteiger partial charge in [-0.2, -0.15) is 0 Å². The third kappa shape index (κ3) is 5.12. The van der Waals surface area contributed by atoms with Crippen molar-refractivity contribution in [2.24, 2.45) is 5.92 Å². The molecule has 8 rings (SSSR count). The van der Waals surface area contributed by atoms with Crippen LogP contribution in [0.3, 0.4) is 0 Å². The molecule has 44 heavy (non-hydrogen) atoms. The van der Waals surface area contributed by atoms with Crippen LogP contribution >= 0.6 is 0 Å². The van der Waals surface area contributed by atoms with Crippen molar-refractivity contribution in [3.05, 3.63) is 65.4 Å². The molecule has 13 heteroatoms. The average molecular weight is 593 g/mol. The van der Waals surface area contributed by atoms with Crippen LogP contribution < -0.4 is 20.4 Å². The first-order valence-electron chi connectivity index (χ1n) is 15.1. The van der Waals surface area contributed by atoms with E-state index in [9.17, 15) is 14.4 Å². The molecule has 3 saturated carbocycles. The van der Waals surface area contributed by atoms with E-state index in [1.54, 1.807) is 12.3 Å². The Kier molecular flexibility index (Phi) is 6.10. The molecule has 3 aliphatic carbocycles. The number of anilines is 3. The third-order valence-electron chi connectivity index (χ3n) is 8.72. The average Bonchev–Trinajstić information content (AvgIpc) is 3.88. The number of nitrogens with one attached hydrogen (secondary N) is 2. The SMILES string of the molecule is Cc1ccnc(C2CC2C(=O)Nc2cc(N(C)Cc3cn4cc(C5CC5)cc(N5CC(=O)NC5=O)c4n3)nc(C3CC3)n2)n1. The Morgan fingerprint density at radius 2 is 1.86 bits per heavy atom. The Labute approximate surface area is 253 Å². The van der Waals surface area contributed by atoms with Gasteiger partial charge in [-0.05, 0) is 62.6 Å². The lowest BCUT2D eigenvalue weighted by molar-refractivity contribution is -0.118. The van der Waals surface area contributed by atoms with Gasteiger partial charge in [-0.1, -0.05) is 0 Å². The van der Waals surface area contributed by atoms with E-state index >= 15 is 0 Å². The molecule has 4 aromatic rings. The van der Waals surface area contributed by atoms with Crippen molar-refractivity contribution < 1.29 is 14.4 Å². The molecule has 4 fully saturated rings. The number of carbonyl (C=O) groups is 3. The molecular formula is C31H32N10O3. The van der Waals surface area contributed by atoms with E-state index in [0.717, 1.165) is 48.5 Å². The first kappa shape index (κ1) is 26.7. The maximum atomic E-state index is 13.2. The molecule has 224 valence electrons. The summed E-state index contributed by atoms with van der Waals surface area (Å²) in [6.07, 6.45) is 10.8. The zero-order valence-corrected chi connectivity index (χ0v) is 24.5. The van der Waals surface area contributed by atoms with Gasteiger partial charge in [0.2, 0.25) is 11.8 Å². The Hall–Kier alpha value is -4.94. The summed E-state index contributed by atoms with van der Waals surface area (Å²) in [5.74, 6) is 2.80. The highest BCUT2D eigenvalue weighted by atomic mass is 16.2. The van der Waals surface area contributed by atoms with Crippen LogP contribution in [0.5, 0.6) is 0 Å². The van der Waals surface area contributed by atoms with Gasteiger partial charge in [0.15, 0.2) is 5.65 Å². The first-order valence-corrected chi connectivity index (χ1v) is 15.1. The third-order valence-corrected chi connectivity index (χ3v) is 8.72. The van der Waals surface area contributed by atoms with E-state index in [1.165, 1.54) is 4.90 Å². The number of fused-ring (bicyclic) bond motifs is 1. The summed E-state index contributed by atoms with van der Waals surface area (Å²) in [5.41, 5.74) is 4.05. The van der Waals surface area contributed by atoms with Crippen molar-refractivity contribution >= 4 is 40.8 Å². The molecule has 0 radical (unpaired) electrons. The van der Waals surface area contributed by atoms with Crippen molar-refractivity contribution in [2.45, 2.75) is 63.3 Å². The first-order chi connectivity index (χ1) is 21.3. The van der Waals surface area contributed by atoms with Gasteiger partial charge in [-0.3, -0.25) is 19.8 Å². The fourth-order valence-corrected chi connectivity index (χ4v) is 5.90. The maximum absolute atomic E-state index is 13.2. The summed E-state index contributed by atoms with van der Waals surface area (Å²) >= 11 is 0. The lowest BCUT2D eigenvalue weighted by Gasteiger charge is -2.19. The fourth-order valence-electron chi connectivity index (χ4n) is 5.90. The Balaban J connectivity index is 1.04. The van der Waals surface area contributed by atoms with Crippen molar-refractivity contribution in [2.75, 3.05) is 28.7 Å². The molecule has 0 aromatic carbocycles. The number of aryl methyl sites for hydroxylation is 1. The Morgan fingerprint density at radius 3 is 2.59 bits per heavy atom. The number of carbonyl (C=O) groups excluding carboxylic acids is 3. The number of amides is 4. The lowest BCUT2D eigenvalue weighted by Crippen LogP contribution is -2.28. The van der Waals surface area contributed by atoms with E-state index in [4.69, 9.17) is 15.0 Å². The summed E-state index contributed by atoms with van der Waals surface area (Å²) in [4.78, 5) is 64.4. The number of hydrogen-bond acceptors (Lipinski definition) is 9. The topological polar surface area (TPSA) is 151 Å². The Morgan fingerprint density at radius 1 is 1.05 bits per heavy atom. The van der Waals surface area contributed by atoms with Gasteiger partial charge in [-0.25, -0.2) is 29.7 Å². The number of imide groups is 1. The van der Waals surface area contributed by atoms with E-state index in [-0.39, 0.29) is 30.2 Å². The number of urea groups is 1. The molecule has 2 unspecified atom stereocenters. The number of rotatable bonds is 9. The Bertz CT molecular complexity index is 1850. The summed E-state index contributed by atoms with van der Waals surface area (Å²) in [5, 5.41) is 5.40. The van der Waals surface area contributed by atoms with Crippen LogP contribution in [-0.4, -0.2) is 60.8 Å². The molecule has 2 N–H and O–H groups in total. The molecule has 4 aromatic heterocycles. The van der Waals surface area contributed by atoms with Crippen LogP contribution in [0, 0.1) is 12.8 Å². The van der Waals surface area contributed by atoms with Crippen LogP contribution in [-0.2, 0) is 16.1 Å². The zero-order valence-electron chi connectivity index (χ0n) is 24.5. The second-order valence-corrected chi connectivity index (χ2v) is 12.4. The van der Waals surface area contributed by atoms with Crippen LogP contribution in [0.15, 0.2) is 36.8 Å². The summed E-state index contributed by atoms with van der Waals surface area (Å²) < 4.78 is 1.95. The monoisotopic (exact) mass is 592 g/mol. The quantitative estimate of drug-likeness (QED) is 0.279. The van der Waals surface area contributed by atoms with Crippen LogP contribution in [0.2, 0.25) is 0 Å². The standard InChI is InChI=1S/C31H32N10O3/c1-16-7-8-32-28(33-16)21-10-22(21)30(43)36-24-11-25(37-27(35-24)18-5-6-18)39(2)13-20-14-40-12-19(17-3-4-17)9-23(29(40)34-20)41-15-26(42)38-31(41)44/h7-9,11-12,14,17-18,21-22H,3-6,10,13,15H2,1-2H3,(H,38,42,44)(H,35,36,37,43). The largest absolute Gasteiger partial charge is 0.354 e. The van der Waals surface area contributed by atoms with Gasteiger partial charge in [0.1, 0.15) is 29.8 Å². The minimum atomic E-state index is -0.432. The highest BCUT2D eigenvalue weighted by molar-refractivity contribution is 6.13. The van der Waals surface area contributed by atoms with Crippen LogP contribution in [0.25, 0.3) is 5.65 Å². The van der Waals surface area contributed by atoms with Crippen LogP contribution in [0.1, 0.15) is 78.5 Å². The maximum Gasteiger partial charge on any atom is 0.329 e. The molecular weight excluding hydrogens is 560 g/mol. The van der Waals surface area contributed by atoms with Crippen LogP contribution in [0.4, 0.5) is 22.1 Å².